The van der Waals surface area contributed by atoms with Gasteiger partial charge in [0.15, 0.2) is 0 Å². The first kappa shape index (κ1) is 14.0. The van der Waals surface area contributed by atoms with Crippen molar-refractivity contribution < 1.29 is 9.72 Å². The zero-order chi connectivity index (χ0) is 13.8. The highest BCUT2D eigenvalue weighted by Crippen LogP contribution is 2.37. The zero-order valence-corrected chi connectivity index (χ0v) is 11.3. The second-order valence-corrected chi connectivity index (χ2v) is 5.55. The smallest absolute Gasteiger partial charge is 0.269 e. The molecule has 1 aromatic carbocycles. The monoisotopic (exact) mass is 281 g/mol. The Morgan fingerprint density at radius 2 is 1.79 bits per heavy atom. The largest absolute Gasteiger partial charge is 0.281 e. The molecule has 0 aromatic heterocycles. The molecule has 0 spiro atoms. The van der Waals surface area contributed by atoms with E-state index in [1.54, 1.807) is 12.1 Å². The van der Waals surface area contributed by atoms with Gasteiger partial charge in [0.2, 0.25) is 5.24 Å². The number of nitro groups is 1. The molecule has 0 radical (unpaired) electrons. The van der Waals surface area contributed by atoms with Crippen LogP contribution in [0.3, 0.4) is 0 Å². The van der Waals surface area contributed by atoms with Gasteiger partial charge < -0.3 is 0 Å². The Kier molecular flexibility index (Phi) is 4.53. The van der Waals surface area contributed by atoms with Crippen LogP contribution in [0.15, 0.2) is 24.3 Å². The Morgan fingerprint density at radius 1 is 1.21 bits per heavy atom. The summed E-state index contributed by atoms with van der Waals surface area (Å²) in [7, 11) is 0. The Labute approximate surface area is 116 Å². The predicted octanol–water partition coefficient (Wildman–Crippen LogP) is 4.02. The SMILES string of the molecule is O=C(Cl)C[C@H]1CC[C@H](c2ccc([N+](=O)[O-])cc2)CC1. The molecule has 0 bridgehead atoms. The van der Waals surface area contributed by atoms with Gasteiger partial charge in [0.05, 0.1) is 4.92 Å². The summed E-state index contributed by atoms with van der Waals surface area (Å²) in [6, 6.07) is 6.80. The molecule has 2 rings (SSSR count). The van der Waals surface area contributed by atoms with Gasteiger partial charge in [-0.15, -0.1) is 0 Å². The van der Waals surface area contributed by atoms with Crippen molar-refractivity contribution in [2.75, 3.05) is 0 Å². The van der Waals surface area contributed by atoms with E-state index >= 15 is 0 Å². The lowest BCUT2D eigenvalue weighted by molar-refractivity contribution is -0.384. The van der Waals surface area contributed by atoms with Crippen LogP contribution < -0.4 is 0 Å². The van der Waals surface area contributed by atoms with Crippen molar-refractivity contribution in [3.63, 3.8) is 0 Å². The minimum atomic E-state index is -0.382. The van der Waals surface area contributed by atoms with Gasteiger partial charge >= 0.3 is 0 Å². The molecule has 1 aromatic rings. The molecular formula is C14H16ClNO3. The average Bonchev–Trinajstić information content (AvgIpc) is 2.39. The molecule has 0 atom stereocenters. The van der Waals surface area contributed by atoms with E-state index in [-0.39, 0.29) is 15.9 Å². The third kappa shape index (κ3) is 3.77. The van der Waals surface area contributed by atoms with Crippen LogP contribution in [0.25, 0.3) is 0 Å². The number of carbonyl (C=O) groups is 1. The first-order valence-corrected chi connectivity index (χ1v) is 6.86. The lowest BCUT2D eigenvalue weighted by Crippen LogP contribution is -2.15. The maximum Gasteiger partial charge on any atom is 0.269 e. The molecule has 5 heteroatoms. The van der Waals surface area contributed by atoms with Crippen LogP contribution in [-0.4, -0.2) is 10.2 Å². The van der Waals surface area contributed by atoms with Gasteiger partial charge in [0.1, 0.15) is 0 Å². The highest BCUT2D eigenvalue weighted by Gasteiger charge is 2.23. The Balaban J connectivity index is 1.94. The van der Waals surface area contributed by atoms with Crippen LogP contribution in [0.5, 0.6) is 0 Å². The van der Waals surface area contributed by atoms with Crippen molar-refractivity contribution in [2.45, 2.75) is 38.0 Å². The Hall–Kier alpha value is -1.42. The van der Waals surface area contributed by atoms with E-state index < -0.39 is 0 Å². The van der Waals surface area contributed by atoms with E-state index in [0.717, 1.165) is 31.2 Å². The molecule has 4 nitrogen and oxygen atoms in total. The molecule has 1 saturated carbocycles. The fourth-order valence-corrected chi connectivity index (χ4v) is 3.01. The molecule has 0 amide bonds. The van der Waals surface area contributed by atoms with Crippen molar-refractivity contribution in [3.8, 4) is 0 Å². The maximum atomic E-state index is 10.9. The van der Waals surface area contributed by atoms with Crippen LogP contribution in [0.4, 0.5) is 5.69 Å². The van der Waals surface area contributed by atoms with Gasteiger partial charge in [-0.25, -0.2) is 0 Å². The summed E-state index contributed by atoms with van der Waals surface area (Å²) in [6.07, 6.45) is 4.51. The Bertz CT molecular complexity index is 464. The van der Waals surface area contributed by atoms with E-state index in [9.17, 15) is 14.9 Å². The van der Waals surface area contributed by atoms with Crippen LogP contribution in [-0.2, 0) is 4.79 Å². The van der Waals surface area contributed by atoms with Gasteiger partial charge in [0.25, 0.3) is 5.69 Å². The van der Waals surface area contributed by atoms with Gasteiger partial charge in [-0.1, -0.05) is 12.1 Å². The summed E-state index contributed by atoms with van der Waals surface area (Å²) >= 11 is 5.41. The minimum absolute atomic E-state index is 0.130. The first-order valence-electron chi connectivity index (χ1n) is 6.49. The van der Waals surface area contributed by atoms with Crippen molar-refractivity contribution in [1.82, 2.24) is 0 Å². The number of hydrogen-bond donors (Lipinski definition) is 0. The highest BCUT2D eigenvalue weighted by molar-refractivity contribution is 6.63. The molecule has 19 heavy (non-hydrogen) atoms. The maximum absolute atomic E-state index is 10.9. The number of benzene rings is 1. The number of nitro benzene ring substituents is 1. The molecular weight excluding hydrogens is 266 g/mol. The molecule has 0 N–H and O–H groups in total. The fourth-order valence-electron chi connectivity index (χ4n) is 2.80. The number of hydrogen-bond acceptors (Lipinski definition) is 3. The number of carbonyl (C=O) groups excluding carboxylic acids is 1. The standard InChI is InChI=1S/C14H16ClNO3/c15-14(17)9-10-1-3-11(4-2-10)12-5-7-13(8-6-12)16(18)19/h5-8,10-11H,1-4,9H2/t10-,11-. The van der Waals surface area contributed by atoms with Crippen molar-refractivity contribution >= 4 is 22.5 Å². The molecule has 102 valence electrons. The van der Waals surface area contributed by atoms with Crippen molar-refractivity contribution in [3.05, 3.63) is 39.9 Å². The van der Waals surface area contributed by atoms with E-state index in [1.807, 2.05) is 12.1 Å². The second kappa shape index (κ2) is 6.15. The molecule has 0 saturated heterocycles. The molecule has 0 heterocycles. The highest BCUT2D eigenvalue weighted by atomic mass is 35.5. The van der Waals surface area contributed by atoms with Gasteiger partial charge in [0, 0.05) is 18.6 Å². The normalized spacial score (nSPS) is 23.0. The Morgan fingerprint density at radius 3 is 2.26 bits per heavy atom. The topological polar surface area (TPSA) is 60.2 Å². The number of nitrogens with zero attached hydrogens (tertiary/aromatic N) is 1. The third-order valence-corrected chi connectivity index (χ3v) is 4.03. The van der Waals surface area contributed by atoms with E-state index in [1.165, 1.54) is 0 Å². The minimum Gasteiger partial charge on any atom is -0.281 e. The van der Waals surface area contributed by atoms with E-state index in [0.29, 0.717) is 18.3 Å². The quantitative estimate of drug-likeness (QED) is 0.476. The van der Waals surface area contributed by atoms with Crippen LogP contribution in [0.2, 0.25) is 0 Å². The van der Waals surface area contributed by atoms with E-state index in [2.05, 4.69) is 0 Å². The van der Waals surface area contributed by atoms with Crippen molar-refractivity contribution in [1.29, 1.82) is 0 Å². The van der Waals surface area contributed by atoms with Crippen molar-refractivity contribution in [2.24, 2.45) is 5.92 Å². The molecule has 1 aliphatic carbocycles. The predicted molar refractivity (Wildman–Crippen MR) is 73.3 cm³/mol. The fraction of sp³-hybridized carbons (Fsp3) is 0.500. The van der Waals surface area contributed by atoms with Crippen LogP contribution >= 0.6 is 11.6 Å². The second-order valence-electron chi connectivity index (χ2n) is 5.13. The van der Waals surface area contributed by atoms with Gasteiger partial charge in [-0.2, -0.15) is 0 Å². The summed E-state index contributed by atoms with van der Waals surface area (Å²) in [5.74, 6) is 0.849. The van der Waals surface area contributed by atoms with Crippen LogP contribution in [0, 0.1) is 16.0 Å². The molecule has 0 unspecified atom stereocenters. The number of halogens is 1. The molecule has 1 fully saturated rings. The molecule has 1 aliphatic rings. The summed E-state index contributed by atoms with van der Waals surface area (Å²) in [5, 5.41) is 10.3. The van der Waals surface area contributed by atoms with Gasteiger partial charge in [-0.3, -0.25) is 14.9 Å². The number of rotatable bonds is 4. The first-order chi connectivity index (χ1) is 9.06. The lowest BCUT2D eigenvalue weighted by atomic mass is 9.78. The average molecular weight is 282 g/mol. The summed E-state index contributed by atoms with van der Waals surface area (Å²) < 4.78 is 0. The van der Waals surface area contributed by atoms with Crippen LogP contribution in [0.1, 0.15) is 43.6 Å². The third-order valence-electron chi connectivity index (χ3n) is 3.87. The number of non-ortho nitro benzene ring substituents is 1. The molecule has 0 aliphatic heterocycles. The van der Waals surface area contributed by atoms with E-state index in [4.69, 9.17) is 11.6 Å². The zero-order valence-electron chi connectivity index (χ0n) is 10.5. The summed E-state index contributed by atoms with van der Waals surface area (Å²) in [6.45, 7) is 0. The summed E-state index contributed by atoms with van der Waals surface area (Å²) in [4.78, 5) is 21.1. The summed E-state index contributed by atoms with van der Waals surface area (Å²) in [5.41, 5.74) is 1.28. The lowest BCUT2D eigenvalue weighted by Gasteiger charge is -2.27. The van der Waals surface area contributed by atoms with Gasteiger partial charge in [-0.05, 0) is 54.7 Å².